The predicted octanol–water partition coefficient (Wildman–Crippen LogP) is 7.69. The third-order valence-corrected chi connectivity index (χ3v) is 5.17. The van der Waals surface area contributed by atoms with Gasteiger partial charge in [0.05, 0.1) is 13.2 Å². The number of esters is 2. The Labute approximate surface area is 186 Å². The molecule has 0 aliphatic heterocycles. The first-order valence-electron chi connectivity index (χ1n) is 12.7. The number of ether oxygens (including phenoxy) is 2. The first-order chi connectivity index (χ1) is 14.7. The zero-order valence-corrected chi connectivity index (χ0v) is 19.9. The summed E-state index contributed by atoms with van der Waals surface area (Å²) in [6, 6.07) is 0. The van der Waals surface area contributed by atoms with Gasteiger partial charge in [-0.25, -0.2) is 4.79 Å². The van der Waals surface area contributed by atoms with Gasteiger partial charge in [-0.2, -0.15) is 0 Å². The number of carbonyl (C=O) groups is 2. The SMILES string of the molecule is CCCOC(=O)/C=C/CCCCCCCCCCCCCCCCC(=O)OCCC. The first-order valence-corrected chi connectivity index (χ1v) is 12.7. The maximum atomic E-state index is 11.4. The molecule has 0 amide bonds. The molecule has 0 spiro atoms. The zero-order valence-electron chi connectivity index (χ0n) is 19.9. The molecule has 0 aliphatic rings. The first kappa shape index (κ1) is 28.7. The van der Waals surface area contributed by atoms with Gasteiger partial charge in [-0.3, -0.25) is 4.79 Å². The fraction of sp³-hybridized carbons (Fsp3) is 0.846. The third kappa shape index (κ3) is 23.0. The van der Waals surface area contributed by atoms with Crippen LogP contribution in [0.25, 0.3) is 0 Å². The van der Waals surface area contributed by atoms with E-state index >= 15 is 0 Å². The number of rotatable bonds is 22. The van der Waals surface area contributed by atoms with Gasteiger partial charge in [0.2, 0.25) is 0 Å². The Bertz CT molecular complexity index is 417. The van der Waals surface area contributed by atoms with Crippen LogP contribution in [-0.4, -0.2) is 25.2 Å². The Morgan fingerprint density at radius 3 is 1.53 bits per heavy atom. The van der Waals surface area contributed by atoms with Gasteiger partial charge < -0.3 is 9.47 Å². The summed E-state index contributed by atoms with van der Waals surface area (Å²) in [5, 5.41) is 0. The highest BCUT2D eigenvalue weighted by atomic mass is 16.5. The van der Waals surface area contributed by atoms with Crippen LogP contribution >= 0.6 is 0 Å². The van der Waals surface area contributed by atoms with Crippen molar-refractivity contribution in [3.05, 3.63) is 12.2 Å². The highest BCUT2D eigenvalue weighted by Crippen LogP contribution is 2.14. The summed E-state index contributed by atoms with van der Waals surface area (Å²) in [7, 11) is 0. The quantitative estimate of drug-likeness (QED) is 0.101. The van der Waals surface area contributed by atoms with Crippen molar-refractivity contribution in [2.75, 3.05) is 13.2 Å². The summed E-state index contributed by atoms with van der Waals surface area (Å²) in [6.45, 7) is 5.10. The van der Waals surface area contributed by atoms with E-state index in [1.807, 2.05) is 19.9 Å². The van der Waals surface area contributed by atoms with Crippen LogP contribution in [0, 0.1) is 0 Å². The van der Waals surface area contributed by atoms with E-state index in [4.69, 9.17) is 9.47 Å². The molecule has 0 aromatic carbocycles. The van der Waals surface area contributed by atoms with Gasteiger partial charge in [0.1, 0.15) is 0 Å². The molecule has 0 aromatic rings. The van der Waals surface area contributed by atoms with Crippen LogP contribution in [0.5, 0.6) is 0 Å². The molecule has 0 atom stereocenters. The predicted molar refractivity (Wildman–Crippen MR) is 126 cm³/mol. The van der Waals surface area contributed by atoms with Crippen LogP contribution < -0.4 is 0 Å². The molecule has 176 valence electrons. The maximum absolute atomic E-state index is 11.4. The number of hydrogen-bond donors (Lipinski definition) is 0. The smallest absolute Gasteiger partial charge is 0.330 e. The minimum Gasteiger partial charge on any atom is -0.466 e. The Morgan fingerprint density at radius 1 is 0.600 bits per heavy atom. The summed E-state index contributed by atoms with van der Waals surface area (Å²) >= 11 is 0. The van der Waals surface area contributed by atoms with Gasteiger partial charge in [-0.1, -0.05) is 97.0 Å². The summed E-state index contributed by atoms with van der Waals surface area (Å²) in [5.41, 5.74) is 0. The normalized spacial score (nSPS) is 11.1. The molecule has 0 aliphatic carbocycles. The van der Waals surface area contributed by atoms with Crippen molar-refractivity contribution >= 4 is 11.9 Å². The van der Waals surface area contributed by atoms with Crippen molar-refractivity contribution in [3.63, 3.8) is 0 Å². The fourth-order valence-corrected chi connectivity index (χ4v) is 3.37. The topological polar surface area (TPSA) is 52.6 Å². The van der Waals surface area contributed by atoms with E-state index in [1.165, 1.54) is 70.6 Å². The van der Waals surface area contributed by atoms with Crippen molar-refractivity contribution < 1.29 is 19.1 Å². The Hall–Kier alpha value is -1.32. The molecule has 0 saturated carbocycles. The molecule has 0 N–H and O–H groups in total. The molecule has 0 radical (unpaired) electrons. The lowest BCUT2D eigenvalue weighted by Crippen LogP contribution is -2.04. The van der Waals surface area contributed by atoms with Crippen LogP contribution in [0.3, 0.4) is 0 Å². The Morgan fingerprint density at radius 2 is 1.03 bits per heavy atom. The number of carbonyl (C=O) groups excluding carboxylic acids is 2. The van der Waals surface area contributed by atoms with Crippen molar-refractivity contribution in [1.29, 1.82) is 0 Å². The third-order valence-electron chi connectivity index (χ3n) is 5.17. The molecule has 0 rings (SSSR count). The lowest BCUT2D eigenvalue weighted by atomic mass is 10.0. The molecule has 0 bridgehead atoms. The molecule has 0 saturated heterocycles. The van der Waals surface area contributed by atoms with Crippen LogP contribution in [-0.2, 0) is 19.1 Å². The summed E-state index contributed by atoms with van der Waals surface area (Å²) < 4.78 is 10.1. The molecule has 4 heteroatoms. The van der Waals surface area contributed by atoms with Gasteiger partial charge >= 0.3 is 11.9 Å². The van der Waals surface area contributed by atoms with Gasteiger partial charge in [0.25, 0.3) is 0 Å². The zero-order chi connectivity index (χ0) is 22.1. The number of unbranched alkanes of at least 4 members (excludes halogenated alkanes) is 14. The van der Waals surface area contributed by atoms with Gasteiger partial charge in [0, 0.05) is 12.5 Å². The van der Waals surface area contributed by atoms with Crippen LogP contribution in [0.1, 0.15) is 129 Å². The molecule has 0 unspecified atom stereocenters. The molecule has 0 heterocycles. The lowest BCUT2D eigenvalue weighted by molar-refractivity contribution is -0.143. The van der Waals surface area contributed by atoms with E-state index in [2.05, 4.69) is 0 Å². The summed E-state index contributed by atoms with van der Waals surface area (Å²) in [4.78, 5) is 22.7. The highest BCUT2D eigenvalue weighted by molar-refractivity contribution is 5.81. The average Bonchev–Trinajstić information content (AvgIpc) is 2.75. The van der Waals surface area contributed by atoms with Crippen LogP contribution in [0.4, 0.5) is 0 Å². The molecular weight excluding hydrogens is 376 g/mol. The van der Waals surface area contributed by atoms with Gasteiger partial charge in [0.15, 0.2) is 0 Å². The lowest BCUT2D eigenvalue weighted by Gasteiger charge is -2.04. The maximum Gasteiger partial charge on any atom is 0.330 e. The van der Waals surface area contributed by atoms with E-state index in [1.54, 1.807) is 6.08 Å². The summed E-state index contributed by atoms with van der Waals surface area (Å²) in [6.07, 6.45) is 24.7. The van der Waals surface area contributed by atoms with Gasteiger partial charge in [-0.15, -0.1) is 0 Å². The molecule has 4 nitrogen and oxygen atoms in total. The monoisotopic (exact) mass is 424 g/mol. The molecule has 0 fully saturated rings. The summed E-state index contributed by atoms with van der Waals surface area (Å²) in [5.74, 6) is -0.237. The van der Waals surface area contributed by atoms with Crippen molar-refractivity contribution in [2.24, 2.45) is 0 Å². The second-order valence-corrected chi connectivity index (χ2v) is 8.28. The molecule has 30 heavy (non-hydrogen) atoms. The van der Waals surface area contributed by atoms with Crippen molar-refractivity contribution in [2.45, 2.75) is 129 Å². The Kier molecular flexibility index (Phi) is 22.9. The van der Waals surface area contributed by atoms with E-state index in [9.17, 15) is 9.59 Å². The van der Waals surface area contributed by atoms with E-state index < -0.39 is 0 Å². The van der Waals surface area contributed by atoms with E-state index in [0.717, 1.165) is 38.5 Å². The fourth-order valence-electron chi connectivity index (χ4n) is 3.37. The van der Waals surface area contributed by atoms with Crippen molar-refractivity contribution in [1.82, 2.24) is 0 Å². The highest BCUT2D eigenvalue weighted by Gasteiger charge is 2.01. The number of hydrogen-bond acceptors (Lipinski definition) is 4. The van der Waals surface area contributed by atoms with Crippen LogP contribution in [0.15, 0.2) is 12.2 Å². The minimum absolute atomic E-state index is 0.0296. The van der Waals surface area contributed by atoms with Crippen molar-refractivity contribution in [3.8, 4) is 0 Å². The van der Waals surface area contributed by atoms with E-state index in [0.29, 0.717) is 19.6 Å². The average molecular weight is 425 g/mol. The van der Waals surface area contributed by atoms with Crippen LogP contribution in [0.2, 0.25) is 0 Å². The number of allylic oxidation sites excluding steroid dienone is 1. The van der Waals surface area contributed by atoms with E-state index in [-0.39, 0.29) is 11.9 Å². The molecule has 0 aromatic heterocycles. The van der Waals surface area contributed by atoms with Gasteiger partial charge in [-0.05, 0) is 32.1 Å². The molecular formula is C26H48O4. The minimum atomic E-state index is -0.207. The Balaban J connectivity index is 3.17. The standard InChI is InChI=1S/C26H48O4/c1-3-23-29-25(27)21-19-17-15-13-11-9-7-5-6-8-10-12-14-16-18-20-22-26(28)30-24-4-2/h19,21H,3-18,20,22-24H2,1-2H3/b21-19+. The second kappa shape index (κ2) is 24.0. The second-order valence-electron chi connectivity index (χ2n) is 8.28. The largest absolute Gasteiger partial charge is 0.466 e.